The Morgan fingerprint density at radius 1 is 1.24 bits per heavy atom. The van der Waals surface area contributed by atoms with E-state index in [1.165, 1.54) is 31.2 Å². The molecule has 1 N–H and O–H groups in total. The first-order chi connectivity index (χ1) is 8.17. The largest absolute Gasteiger partial charge is 0.313 e. The van der Waals surface area contributed by atoms with Gasteiger partial charge in [0.2, 0.25) is 0 Å². The summed E-state index contributed by atoms with van der Waals surface area (Å²) in [7, 11) is 0. The van der Waals surface area contributed by atoms with Gasteiger partial charge < -0.3 is 5.32 Å². The lowest BCUT2D eigenvalue weighted by molar-refractivity contribution is 0.453. The predicted octanol–water partition coefficient (Wildman–Crippen LogP) is 4.07. The van der Waals surface area contributed by atoms with Crippen molar-refractivity contribution < 1.29 is 0 Å². The zero-order valence-corrected chi connectivity index (χ0v) is 11.3. The fourth-order valence-corrected chi connectivity index (χ4v) is 2.79. The van der Waals surface area contributed by atoms with E-state index in [-0.39, 0.29) is 0 Å². The minimum atomic E-state index is 0.472. The first-order valence-corrected chi connectivity index (χ1v) is 7.10. The third kappa shape index (κ3) is 2.96. The zero-order chi connectivity index (χ0) is 11.9. The molecule has 92 valence electrons. The molecular formula is C14H17Cl2N. The fourth-order valence-electron chi connectivity index (χ4n) is 2.31. The van der Waals surface area contributed by atoms with Crippen molar-refractivity contribution in [1.82, 2.24) is 5.32 Å². The lowest BCUT2D eigenvalue weighted by Crippen LogP contribution is -2.27. The van der Waals surface area contributed by atoms with Crippen LogP contribution >= 0.6 is 23.2 Å². The van der Waals surface area contributed by atoms with Crippen LogP contribution in [-0.2, 0) is 6.42 Å². The number of benzene rings is 1. The van der Waals surface area contributed by atoms with Gasteiger partial charge in [0, 0.05) is 22.6 Å². The van der Waals surface area contributed by atoms with Gasteiger partial charge in [-0.25, -0.2) is 0 Å². The van der Waals surface area contributed by atoms with Crippen molar-refractivity contribution in [3.05, 3.63) is 33.8 Å². The summed E-state index contributed by atoms with van der Waals surface area (Å²) in [5.41, 5.74) is 1.71. The average molecular weight is 270 g/mol. The van der Waals surface area contributed by atoms with Gasteiger partial charge in [0.25, 0.3) is 0 Å². The second kappa shape index (κ2) is 4.46. The molecule has 0 saturated heterocycles. The van der Waals surface area contributed by atoms with E-state index in [9.17, 15) is 0 Å². The molecule has 2 saturated carbocycles. The second-order valence-electron chi connectivity index (χ2n) is 5.57. The summed E-state index contributed by atoms with van der Waals surface area (Å²) in [5, 5.41) is 5.18. The van der Waals surface area contributed by atoms with Gasteiger partial charge in [0.15, 0.2) is 0 Å². The normalized spacial score (nSPS) is 21.5. The minimum absolute atomic E-state index is 0.472. The van der Waals surface area contributed by atoms with Crippen molar-refractivity contribution in [3.63, 3.8) is 0 Å². The van der Waals surface area contributed by atoms with Crippen LogP contribution in [0.4, 0.5) is 0 Å². The third-order valence-electron chi connectivity index (χ3n) is 3.88. The Labute approximate surface area is 112 Å². The third-order valence-corrected chi connectivity index (χ3v) is 4.47. The van der Waals surface area contributed by atoms with Gasteiger partial charge in [-0.15, -0.1) is 0 Å². The van der Waals surface area contributed by atoms with Crippen molar-refractivity contribution in [2.45, 2.75) is 38.1 Å². The highest BCUT2D eigenvalue weighted by atomic mass is 35.5. The van der Waals surface area contributed by atoms with Gasteiger partial charge in [-0.2, -0.15) is 0 Å². The Morgan fingerprint density at radius 2 is 2.00 bits per heavy atom. The van der Waals surface area contributed by atoms with Gasteiger partial charge in [-0.3, -0.25) is 0 Å². The Balaban J connectivity index is 1.64. The summed E-state index contributed by atoms with van der Waals surface area (Å²) in [6, 6.07) is 6.66. The van der Waals surface area contributed by atoms with Crippen molar-refractivity contribution in [3.8, 4) is 0 Å². The standard InChI is InChI=1S/C14H17Cl2N/c15-11-2-1-10(13(16)7-11)8-14(5-6-14)9-17-12-3-4-12/h1-2,7,12,17H,3-6,8-9H2. The molecule has 1 aromatic carbocycles. The van der Waals surface area contributed by atoms with E-state index < -0.39 is 0 Å². The molecule has 3 rings (SSSR count). The Hall–Kier alpha value is -0.240. The van der Waals surface area contributed by atoms with Crippen LogP contribution in [0.3, 0.4) is 0 Å². The highest BCUT2D eigenvalue weighted by Crippen LogP contribution is 2.49. The maximum atomic E-state index is 6.23. The van der Waals surface area contributed by atoms with Crippen LogP contribution in [0.1, 0.15) is 31.2 Å². The molecular weight excluding hydrogens is 253 g/mol. The maximum absolute atomic E-state index is 6.23. The van der Waals surface area contributed by atoms with E-state index in [4.69, 9.17) is 23.2 Å². The van der Waals surface area contributed by atoms with Crippen LogP contribution in [0.15, 0.2) is 18.2 Å². The van der Waals surface area contributed by atoms with Gasteiger partial charge in [0.1, 0.15) is 0 Å². The van der Waals surface area contributed by atoms with E-state index in [0.29, 0.717) is 5.41 Å². The van der Waals surface area contributed by atoms with E-state index in [1.807, 2.05) is 12.1 Å². The fraction of sp³-hybridized carbons (Fsp3) is 0.571. The van der Waals surface area contributed by atoms with Gasteiger partial charge in [-0.1, -0.05) is 29.3 Å². The summed E-state index contributed by atoms with van der Waals surface area (Å²) in [6.07, 6.45) is 6.45. The lowest BCUT2D eigenvalue weighted by Gasteiger charge is -2.17. The van der Waals surface area contributed by atoms with Crippen LogP contribution in [0.25, 0.3) is 0 Å². The van der Waals surface area contributed by atoms with Crippen LogP contribution in [0, 0.1) is 5.41 Å². The highest BCUT2D eigenvalue weighted by Gasteiger charge is 2.43. The molecule has 2 aliphatic carbocycles. The second-order valence-corrected chi connectivity index (χ2v) is 6.41. The van der Waals surface area contributed by atoms with Crippen molar-refractivity contribution >= 4 is 23.2 Å². The monoisotopic (exact) mass is 269 g/mol. The summed E-state index contributed by atoms with van der Waals surface area (Å²) in [5.74, 6) is 0. The molecule has 0 spiro atoms. The number of halogens is 2. The number of rotatable bonds is 5. The summed E-state index contributed by atoms with van der Waals surface area (Å²) in [6.45, 7) is 1.15. The van der Waals surface area contributed by atoms with E-state index in [2.05, 4.69) is 11.4 Å². The van der Waals surface area contributed by atoms with Gasteiger partial charge >= 0.3 is 0 Å². The van der Waals surface area contributed by atoms with E-state index in [1.54, 1.807) is 0 Å². The van der Waals surface area contributed by atoms with Crippen LogP contribution < -0.4 is 5.32 Å². The topological polar surface area (TPSA) is 12.0 Å². The number of hydrogen-bond donors (Lipinski definition) is 1. The molecule has 0 bridgehead atoms. The zero-order valence-electron chi connectivity index (χ0n) is 9.81. The van der Waals surface area contributed by atoms with Crippen molar-refractivity contribution in [2.75, 3.05) is 6.54 Å². The molecule has 2 aliphatic rings. The Kier molecular flexibility index (Phi) is 3.10. The SMILES string of the molecule is Clc1ccc(CC2(CNC3CC3)CC2)c(Cl)c1. The molecule has 0 aromatic heterocycles. The molecule has 0 amide bonds. The first kappa shape index (κ1) is 11.8. The van der Waals surface area contributed by atoms with Gasteiger partial charge in [-0.05, 0) is 55.2 Å². The quantitative estimate of drug-likeness (QED) is 0.850. The summed E-state index contributed by atoms with van der Waals surface area (Å²) in [4.78, 5) is 0. The molecule has 3 heteroatoms. The molecule has 1 aromatic rings. The summed E-state index contributed by atoms with van der Waals surface area (Å²) < 4.78 is 0. The lowest BCUT2D eigenvalue weighted by atomic mass is 9.96. The molecule has 0 aliphatic heterocycles. The number of nitrogens with one attached hydrogen (secondary N) is 1. The van der Waals surface area contributed by atoms with E-state index in [0.717, 1.165) is 29.1 Å². The molecule has 17 heavy (non-hydrogen) atoms. The predicted molar refractivity (Wildman–Crippen MR) is 72.9 cm³/mol. The minimum Gasteiger partial charge on any atom is -0.313 e. The smallest absolute Gasteiger partial charge is 0.0453 e. The molecule has 0 unspecified atom stereocenters. The van der Waals surface area contributed by atoms with Crippen molar-refractivity contribution in [2.24, 2.45) is 5.41 Å². The van der Waals surface area contributed by atoms with E-state index >= 15 is 0 Å². The molecule has 0 radical (unpaired) electrons. The van der Waals surface area contributed by atoms with Crippen LogP contribution in [0.5, 0.6) is 0 Å². The highest BCUT2D eigenvalue weighted by molar-refractivity contribution is 6.35. The van der Waals surface area contributed by atoms with Crippen LogP contribution in [-0.4, -0.2) is 12.6 Å². The molecule has 1 nitrogen and oxygen atoms in total. The average Bonchev–Trinajstić information content (AvgIpc) is 3.15. The van der Waals surface area contributed by atoms with Crippen molar-refractivity contribution in [1.29, 1.82) is 0 Å². The maximum Gasteiger partial charge on any atom is 0.0453 e. The molecule has 0 heterocycles. The summed E-state index contributed by atoms with van der Waals surface area (Å²) >= 11 is 12.2. The Morgan fingerprint density at radius 3 is 2.59 bits per heavy atom. The number of hydrogen-bond acceptors (Lipinski definition) is 1. The molecule has 0 atom stereocenters. The first-order valence-electron chi connectivity index (χ1n) is 6.34. The van der Waals surface area contributed by atoms with Gasteiger partial charge in [0.05, 0.1) is 0 Å². The Bertz CT molecular complexity index is 422. The molecule has 2 fully saturated rings. The van der Waals surface area contributed by atoms with Crippen LogP contribution in [0.2, 0.25) is 10.0 Å².